The van der Waals surface area contributed by atoms with Gasteiger partial charge in [-0.15, -0.1) is 0 Å². The highest BCUT2D eigenvalue weighted by Gasteiger charge is 2.28. The number of ether oxygens (including phenoxy) is 1. The number of benzene rings is 2. The summed E-state index contributed by atoms with van der Waals surface area (Å²) < 4.78 is 5.94. The fourth-order valence-corrected chi connectivity index (χ4v) is 4.79. The number of piperidine rings is 1. The van der Waals surface area contributed by atoms with Gasteiger partial charge in [0, 0.05) is 57.5 Å². The second kappa shape index (κ2) is 11.0. The van der Waals surface area contributed by atoms with Crippen LogP contribution in [0.5, 0.6) is 5.75 Å². The summed E-state index contributed by atoms with van der Waals surface area (Å²) in [6, 6.07) is 20.2. The monoisotopic (exact) mass is 422 g/mol. The van der Waals surface area contributed by atoms with Crippen molar-refractivity contribution in [2.45, 2.75) is 25.4 Å². The summed E-state index contributed by atoms with van der Waals surface area (Å²) in [5.41, 5.74) is 2.72. The number of likely N-dealkylation sites (tertiary alicyclic amines) is 1. The van der Waals surface area contributed by atoms with Gasteiger partial charge in [0.25, 0.3) is 0 Å². The molecule has 2 aromatic carbocycles. The summed E-state index contributed by atoms with van der Waals surface area (Å²) in [4.78, 5) is 10.0. The van der Waals surface area contributed by atoms with Crippen LogP contribution in [-0.4, -0.2) is 87.3 Å². The van der Waals surface area contributed by atoms with E-state index >= 15 is 0 Å². The maximum Gasteiger partial charge on any atom is 0.119 e. The van der Waals surface area contributed by atoms with Crippen molar-refractivity contribution in [3.63, 3.8) is 0 Å². The minimum absolute atomic E-state index is 0.686. The average molecular weight is 423 g/mol. The highest BCUT2D eigenvalue weighted by Crippen LogP contribution is 2.23. The van der Waals surface area contributed by atoms with Crippen molar-refractivity contribution >= 4 is 5.69 Å². The predicted octanol–water partition coefficient (Wildman–Crippen LogP) is 3.41. The van der Waals surface area contributed by atoms with Crippen molar-refractivity contribution in [3.8, 4) is 5.75 Å². The van der Waals surface area contributed by atoms with Crippen LogP contribution in [-0.2, 0) is 6.54 Å². The Kier molecular flexibility index (Phi) is 7.84. The van der Waals surface area contributed by atoms with Gasteiger partial charge in [0.1, 0.15) is 12.4 Å². The second-order valence-electron chi connectivity index (χ2n) is 9.19. The summed E-state index contributed by atoms with van der Waals surface area (Å²) in [5, 5.41) is 0. The average Bonchev–Trinajstić information content (AvgIpc) is 2.80. The van der Waals surface area contributed by atoms with Crippen LogP contribution in [0.3, 0.4) is 0 Å². The van der Waals surface area contributed by atoms with E-state index in [4.69, 9.17) is 4.74 Å². The van der Waals surface area contributed by atoms with Gasteiger partial charge in [0.05, 0.1) is 0 Å². The Balaban J connectivity index is 1.26. The van der Waals surface area contributed by atoms with E-state index in [0.717, 1.165) is 38.5 Å². The van der Waals surface area contributed by atoms with Crippen molar-refractivity contribution < 1.29 is 4.74 Å². The van der Waals surface area contributed by atoms with Crippen LogP contribution in [0.2, 0.25) is 0 Å². The Bertz CT molecular complexity index is 789. The van der Waals surface area contributed by atoms with Gasteiger partial charge in [-0.1, -0.05) is 30.3 Å². The van der Waals surface area contributed by atoms with E-state index in [-0.39, 0.29) is 0 Å². The first-order valence-corrected chi connectivity index (χ1v) is 11.8. The molecule has 0 bridgehead atoms. The van der Waals surface area contributed by atoms with Crippen molar-refractivity contribution in [2.75, 3.05) is 71.4 Å². The van der Waals surface area contributed by atoms with E-state index in [1.165, 1.54) is 50.3 Å². The van der Waals surface area contributed by atoms with E-state index in [9.17, 15) is 0 Å². The van der Waals surface area contributed by atoms with E-state index in [0.29, 0.717) is 6.04 Å². The SMILES string of the molecule is CN(C)CCOc1cccc(CN2CCCC(N3CCN(c4ccccc4)CC3)C2)c1. The first kappa shape index (κ1) is 22.1. The minimum Gasteiger partial charge on any atom is -0.492 e. The summed E-state index contributed by atoms with van der Waals surface area (Å²) >= 11 is 0. The molecule has 2 aliphatic rings. The Morgan fingerprint density at radius 2 is 1.74 bits per heavy atom. The third kappa shape index (κ3) is 6.45. The molecule has 5 nitrogen and oxygen atoms in total. The third-order valence-electron chi connectivity index (χ3n) is 6.54. The molecule has 2 aromatic rings. The molecule has 5 heteroatoms. The van der Waals surface area contributed by atoms with Crippen molar-refractivity contribution in [1.82, 2.24) is 14.7 Å². The fraction of sp³-hybridized carbons (Fsp3) is 0.538. The lowest BCUT2D eigenvalue weighted by Gasteiger charge is -2.44. The molecular weight excluding hydrogens is 384 g/mol. The molecule has 1 unspecified atom stereocenters. The van der Waals surface area contributed by atoms with Crippen molar-refractivity contribution in [1.29, 1.82) is 0 Å². The van der Waals surface area contributed by atoms with E-state index in [1.807, 2.05) is 0 Å². The van der Waals surface area contributed by atoms with Crippen LogP contribution in [0.1, 0.15) is 18.4 Å². The van der Waals surface area contributed by atoms with E-state index in [1.54, 1.807) is 0 Å². The predicted molar refractivity (Wildman–Crippen MR) is 129 cm³/mol. The molecule has 1 atom stereocenters. The topological polar surface area (TPSA) is 22.2 Å². The summed E-state index contributed by atoms with van der Waals surface area (Å²) in [5.74, 6) is 0.991. The number of piperazine rings is 1. The highest BCUT2D eigenvalue weighted by molar-refractivity contribution is 5.46. The molecular formula is C26H38N4O. The van der Waals surface area contributed by atoms with Crippen LogP contribution in [0, 0.1) is 0 Å². The minimum atomic E-state index is 0.686. The van der Waals surface area contributed by atoms with Gasteiger partial charge < -0.3 is 14.5 Å². The molecule has 0 saturated carbocycles. The Hall–Kier alpha value is -2.08. The summed E-state index contributed by atoms with van der Waals surface area (Å²) in [6.07, 6.45) is 2.62. The first-order chi connectivity index (χ1) is 15.2. The van der Waals surface area contributed by atoms with Gasteiger partial charge in [0.15, 0.2) is 0 Å². The second-order valence-corrected chi connectivity index (χ2v) is 9.19. The van der Waals surface area contributed by atoms with Crippen molar-refractivity contribution in [2.24, 2.45) is 0 Å². The fourth-order valence-electron chi connectivity index (χ4n) is 4.79. The quantitative estimate of drug-likeness (QED) is 0.648. The molecule has 0 N–H and O–H groups in total. The van der Waals surface area contributed by atoms with Crippen molar-refractivity contribution in [3.05, 3.63) is 60.2 Å². The maximum absolute atomic E-state index is 5.94. The lowest BCUT2D eigenvalue weighted by atomic mass is 10.0. The molecule has 0 spiro atoms. The molecule has 0 aliphatic carbocycles. The lowest BCUT2D eigenvalue weighted by Crippen LogP contribution is -2.55. The molecule has 2 heterocycles. The number of likely N-dealkylation sites (N-methyl/N-ethyl adjacent to an activating group) is 1. The number of para-hydroxylation sites is 1. The van der Waals surface area contributed by atoms with Crippen LogP contribution in [0.15, 0.2) is 54.6 Å². The van der Waals surface area contributed by atoms with Gasteiger partial charge in [0.2, 0.25) is 0 Å². The first-order valence-electron chi connectivity index (χ1n) is 11.8. The molecule has 0 amide bonds. The van der Waals surface area contributed by atoms with Crippen LogP contribution in [0.25, 0.3) is 0 Å². The Labute approximate surface area is 188 Å². The van der Waals surface area contributed by atoms with Gasteiger partial charge in [-0.2, -0.15) is 0 Å². The summed E-state index contributed by atoms with van der Waals surface area (Å²) in [7, 11) is 4.15. The van der Waals surface area contributed by atoms with E-state index < -0.39 is 0 Å². The lowest BCUT2D eigenvalue weighted by molar-refractivity contribution is 0.0887. The number of anilines is 1. The molecule has 4 rings (SSSR count). The van der Waals surface area contributed by atoms with Crippen LogP contribution in [0.4, 0.5) is 5.69 Å². The van der Waals surface area contributed by atoms with Gasteiger partial charge >= 0.3 is 0 Å². The largest absolute Gasteiger partial charge is 0.492 e. The van der Waals surface area contributed by atoms with Gasteiger partial charge in [-0.05, 0) is 63.3 Å². The van der Waals surface area contributed by atoms with Gasteiger partial charge in [-0.25, -0.2) is 0 Å². The number of hydrogen-bond donors (Lipinski definition) is 0. The smallest absolute Gasteiger partial charge is 0.119 e. The molecule has 2 fully saturated rings. The molecule has 168 valence electrons. The molecule has 2 saturated heterocycles. The maximum atomic E-state index is 5.94. The highest BCUT2D eigenvalue weighted by atomic mass is 16.5. The third-order valence-corrected chi connectivity index (χ3v) is 6.54. The molecule has 31 heavy (non-hydrogen) atoms. The number of rotatable bonds is 8. The van der Waals surface area contributed by atoms with Gasteiger partial charge in [-0.3, -0.25) is 9.80 Å². The zero-order valence-electron chi connectivity index (χ0n) is 19.2. The molecule has 2 aliphatic heterocycles. The number of nitrogens with zero attached hydrogens (tertiary/aromatic N) is 4. The molecule has 0 aromatic heterocycles. The zero-order valence-corrected chi connectivity index (χ0v) is 19.2. The Morgan fingerprint density at radius 3 is 2.52 bits per heavy atom. The Morgan fingerprint density at radius 1 is 0.935 bits per heavy atom. The van der Waals surface area contributed by atoms with E-state index in [2.05, 4.69) is 88.3 Å². The molecule has 0 radical (unpaired) electrons. The van der Waals surface area contributed by atoms with Crippen LogP contribution >= 0.6 is 0 Å². The van der Waals surface area contributed by atoms with Crippen LogP contribution < -0.4 is 9.64 Å². The summed E-state index contributed by atoms with van der Waals surface area (Å²) in [6.45, 7) is 9.67. The normalized spacial score (nSPS) is 20.9. The zero-order chi connectivity index (χ0) is 21.5. The number of hydrogen-bond acceptors (Lipinski definition) is 5. The standard InChI is InChI=1S/C26H38N4O/c1-27(2)18-19-31-26-12-6-8-23(20-26)21-28-13-7-11-25(22-28)30-16-14-29(15-17-30)24-9-4-3-5-10-24/h3-6,8-10,12,20,25H,7,11,13-19,21-22H2,1-2H3.